The van der Waals surface area contributed by atoms with Crippen molar-refractivity contribution >= 4 is 5.91 Å². The molecule has 0 spiro atoms. The molecule has 0 aliphatic heterocycles. The van der Waals surface area contributed by atoms with E-state index in [1.807, 2.05) is 57.2 Å². The number of carbonyl (C=O) groups excluding carboxylic acids is 1. The van der Waals surface area contributed by atoms with Crippen molar-refractivity contribution in [1.29, 1.82) is 0 Å². The Balaban J connectivity index is 1.73. The maximum absolute atomic E-state index is 12.8. The van der Waals surface area contributed by atoms with Crippen molar-refractivity contribution in [2.75, 3.05) is 7.05 Å². The van der Waals surface area contributed by atoms with E-state index >= 15 is 0 Å². The van der Waals surface area contributed by atoms with Crippen LogP contribution in [-0.2, 0) is 6.54 Å². The van der Waals surface area contributed by atoms with Crippen LogP contribution in [0.2, 0.25) is 0 Å². The first-order valence-electron chi connectivity index (χ1n) is 8.85. The second-order valence-electron chi connectivity index (χ2n) is 6.70. The van der Waals surface area contributed by atoms with Crippen LogP contribution in [0.3, 0.4) is 0 Å². The summed E-state index contributed by atoms with van der Waals surface area (Å²) in [5, 5.41) is 4.01. The fourth-order valence-corrected chi connectivity index (χ4v) is 2.62. The van der Waals surface area contributed by atoms with Crippen molar-refractivity contribution in [2.45, 2.75) is 33.4 Å². The Morgan fingerprint density at radius 2 is 1.85 bits per heavy atom. The van der Waals surface area contributed by atoms with Gasteiger partial charge in [0.1, 0.15) is 12.3 Å². The van der Waals surface area contributed by atoms with Crippen molar-refractivity contribution in [2.24, 2.45) is 0 Å². The van der Waals surface area contributed by atoms with E-state index in [4.69, 9.17) is 9.26 Å². The monoisotopic (exact) mass is 365 g/mol. The standard InChI is InChI=1S/C21H23N3O3/c1-14(2)26-18-8-6-5-7-17(18)21(25)24(4)13-19-22-20(23-27-19)16-11-9-15(3)10-12-16/h5-12,14H,13H2,1-4H3. The van der Waals surface area contributed by atoms with Crippen LogP contribution in [0.5, 0.6) is 5.75 Å². The smallest absolute Gasteiger partial charge is 0.257 e. The van der Waals surface area contributed by atoms with Crippen LogP contribution < -0.4 is 4.74 Å². The number of nitrogens with zero attached hydrogens (tertiary/aromatic N) is 3. The summed E-state index contributed by atoms with van der Waals surface area (Å²) in [5.74, 6) is 1.29. The Labute approximate surface area is 158 Å². The van der Waals surface area contributed by atoms with Crippen LogP contribution in [0.25, 0.3) is 11.4 Å². The molecule has 140 valence electrons. The minimum Gasteiger partial charge on any atom is -0.490 e. The Kier molecular flexibility index (Phi) is 5.54. The van der Waals surface area contributed by atoms with E-state index in [9.17, 15) is 4.79 Å². The molecule has 0 aliphatic carbocycles. The van der Waals surface area contributed by atoms with Crippen molar-refractivity contribution < 1.29 is 14.1 Å². The van der Waals surface area contributed by atoms with Gasteiger partial charge in [0.2, 0.25) is 11.7 Å². The zero-order valence-electron chi connectivity index (χ0n) is 16.0. The van der Waals surface area contributed by atoms with Gasteiger partial charge in [0.05, 0.1) is 11.7 Å². The summed E-state index contributed by atoms with van der Waals surface area (Å²) >= 11 is 0. The van der Waals surface area contributed by atoms with E-state index in [-0.39, 0.29) is 18.6 Å². The number of carbonyl (C=O) groups is 1. The topological polar surface area (TPSA) is 68.5 Å². The van der Waals surface area contributed by atoms with Gasteiger partial charge in [-0.15, -0.1) is 0 Å². The molecular formula is C21H23N3O3. The zero-order chi connectivity index (χ0) is 19.4. The second kappa shape index (κ2) is 8.03. The molecule has 0 saturated carbocycles. The van der Waals surface area contributed by atoms with Crippen LogP contribution in [0.15, 0.2) is 53.1 Å². The summed E-state index contributed by atoms with van der Waals surface area (Å²) in [5.41, 5.74) is 2.54. The fourth-order valence-electron chi connectivity index (χ4n) is 2.62. The lowest BCUT2D eigenvalue weighted by Crippen LogP contribution is -2.27. The number of ether oxygens (including phenoxy) is 1. The zero-order valence-corrected chi connectivity index (χ0v) is 16.0. The highest BCUT2D eigenvalue weighted by molar-refractivity contribution is 5.96. The van der Waals surface area contributed by atoms with Gasteiger partial charge in [-0.25, -0.2) is 0 Å². The number of aromatic nitrogens is 2. The van der Waals surface area contributed by atoms with Gasteiger partial charge in [-0.2, -0.15) is 4.98 Å². The van der Waals surface area contributed by atoms with Gasteiger partial charge in [0.25, 0.3) is 5.91 Å². The molecule has 0 unspecified atom stereocenters. The summed E-state index contributed by atoms with van der Waals surface area (Å²) in [7, 11) is 1.70. The van der Waals surface area contributed by atoms with Crippen molar-refractivity contribution in [3.63, 3.8) is 0 Å². The molecule has 0 fully saturated rings. The number of para-hydroxylation sites is 1. The van der Waals surface area contributed by atoms with E-state index in [0.717, 1.165) is 11.1 Å². The van der Waals surface area contributed by atoms with Gasteiger partial charge < -0.3 is 14.2 Å². The third-order valence-corrected chi connectivity index (χ3v) is 3.98. The highest BCUT2D eigenvalue weighted by atomic mass is 16.5. The lowest BCUT2D eigenvalue weighted by molar-refractivity contribution is 0.0763. The van der Waals surface area contributed by atoms with Gasteiger partial charge >= 0.3 is 0 Å². The fraction of sp³-hybridized carbons (Fsp3) is 0.286. The van der Waals surface area contributed by atoms with E-state index in [0.29, 0.717) is 23.0 Å². The van der Waals surface area contributed by atoms with Crippen molar-refractivity contribution in [3.8, 4) is 17.1 Å². The molecular weight excluding hydrogens is 342 g/mol. The van der Waals surface area contributed by atoms with E-state index in [2.05, 4.69) is 10.1 Å². The number of hydrogen-bond acceptors (Lipinski definition) is 5. The Morgan fingerprint density at radius 1 is 1.15 bits per heavy atom. The third kappa shape index (κ3) is 4.53. The summed E-state index contributed by atoms with van der Waals surface area (Å²) < 4.78 is 11.1. The van der Waals surface area contributed by atoms with Crippen LogP contribution >= 0.6 is 0 Å². The molecule has 6 heteroatoms. The van der Waals surface area contributed by atoms with Crippen molar-refractivity contribution in [3.05, 3.63) is 65.5 Å². The first kappa shape index (κ1) is 18.6. The molecule has 1 heterocycles. The van der Waals surface area contributed by atoms with Crippen LogP contribution in [0.4, 0.5) is 0 Å². The lowest BCUT2D eigenvalue weighted by Gasteiger charge is -2.18. The summed E-state index contributed by atoms with van der Waals surface area (Å²) in [6.45, 7) is 6.09. The molecule has 6 nitrogen and oxygen atoms in total. The van der Waals surface area contributed by atoms with Gasteiger partial charge in [0, 0.05) is 12.6 Å². The lowest BCUT2D eigenvalue weighted by atomic mass is 10.1. The number of rotatable bonds is 6. The Bertz CT molecular complexity index is 916. The maximum atomic E-state index is 12.8. The van der Waals surface area contributed by atoms with Gasteiger partial charge in [-0.1, -0.05) is 47.1 Å². The quantitative estimate of drug-likeness (QED) is 0.658. The molecule has 0 bridgehead atoms. The van der Waals surface area contributed by atoms with Crippen LogP contribution in [0.1, 0.15) is 35.7 Å². The SMILES string of the molecule is Cc1ccc(-c2noc(CN(C)C(=O)c3ccccc3OC(C)C)n2)cc1. The highest BCUT2D eigenvalue weighted by Gasteiger charge is 2.19. The average Bonchev–Trinajstić information content (AvgIpc) is 3.10. The molecule has 0 aliphatic rings. The molecule has 1 aromatic heterocycles. The number of hydrogen-bond donors (Lipinski definition) is 0. The summed E-state index contributed by atoms with van der Waals surface area (Å²) in [6, 6.07) is 15.1. The van der Waals surface area contributed by atoms with E-state index < -0.39 is 0 Å². The van der Waals surface area contributed by atoms with Crippen LogP contribution in [0, 0.1) is 6.92 Å². The molecule has 0 saturated heterocycles. The van der Waals surface area contributed by atoms with E-state index in [1.54, 1.807) is 19.2 Å². The van der Waals surface area contributed by atoms with E-state index in [1.165, 1.54) is 4.90 Å². The molecule has 0 radical (unpaired) electrons. The first-order valence-corrected chi connectivity index (χ1v) is 8.85. The second-order valence-corrected chi connectivity index (χ2v) is 6.70. The number of amides is 1. The van der Waals surface area contributed by atoms with Gasteiger partial charge in [-0.05, 0) is 32.9 Å². The molecule has 1 amide bonds. The molecule has 27 heavy (non-hydrogen) atoms. The summed E-state index contributed by atoms with van der Waals surface area (Å²) in [6.07, 6.45) is -0.0164. The highest BCUT2D eigenvalue weighted by Crippen LogP contribution is 2.22. The Hall–Kier alpha value is -3.15. The van der Waals surface area contributed by atoms with Gasteiger partial charge in [0.15, 0.2) is 0 Å². The third-order valence-electron chi connectivity index (χ3n) is 3.98. The molecule has 3 rings (SSSR count). The summed E-state index contributed by atoms with van der Waals surface area (Å²) in [4.78, 5) is 18.8. The normalized spacial score (nSPS) is 10.9. The largest absolute Gasteiger partial charge is 0.490 e. The average molecular weight is 365 g/mol. The molecule has 2 aromatic carbocycles. The number of benzene rings is 2. The predicted molar refractivity (Wildman–Crippen MR) is 102 cm³/mol. The van der Waals surface area contributed by atoms with Crippen LogP contribution in [-0.4, -0.2) is 34.1 Å². The Morgan fingerprint density at radius 3 is 2.56 bits per heavy atom. The maximum Gasteiger partial charge on any atom is 0.257 e. The molecule has 0 atom stereocenters. The minimum absolute atomic E-state index is 0.0164. The van der Waals surface area contributed by atoms with Crippen molar-refractivity contribution in [1.82, 2.24) is 15.0 Å². The number of aryl methyl sites for hydroxylation is 1. The predicted octanol–water partition coefficient (Wildman–Crippen LogP) is 4.10. The molecule has 3 aromatic rings. The molecule has 0 N–H and O–H groups in total. The first-order chi connectivity index (χ1) is 12.9. The van der Waals surface area contributed by atoms with Gasteiger partial charge in [-0.3, -0.25) is 4.79 Å². The minimum atomic E-state index is -0.165.